The van der Waals surface area contributed by atoms with Gasteiger partial charge in [0.2, 0.25) is 5.88 Å². The van der Waals surface area contributed by atoms with E-state index in [4.69, 9.17) is 25.9 Å². The van der Waals surface area contributed by atoms with E-state index in [1.165, 1.54) is 32.4 Å². The zero-order chi connectivity index (χ0) is 24.7. The molecule has 0 aliphatic carbocycles. The number of aromatic nitrogens is 1. The molecule has 0 radical (unpaired) electrons. The number of hydrogen-bond donors (Lipinski definition) is 0. The van der Waals surface area contributed by atoms with Crippen LogP contribution < -0.4 is 14.3 Å². The molecule has 1 atom stereocenters. The fourth-order valence-electron chi connectivity index (χ4n) is 2.58. The number of rotatable bonds is 8. The lowest BCUT2D eigenvalue weighted by Gasteiger charge is -2.16. The van der Waals surface area contributed by atoms with Crippen molar-refractivity contribution >= 4 is 23.8 Å². The Morgan fingerprint density at radius 3 is 2.50 bits per heavy atom. The lowest BCUT2D eigenvalue weighted by molar-refractivity contribution is -0.148. The van der Waals surface area contributed by atoms with Gasteiger partial charge in [-0.05, 0) is 37.3 Å². The van der Waals surface area contributed by atoms with Crippen molar-refractivity contribution in [1.82, 2.24) is 4.98 Å². The molecule has 11 heteroatoms. The summed E-state index contributed by atoms with van der Waals surface area (Å²) in [7, 11) is 1.22. The average molecular weight is 495 g/mol. The van der Waals surface area contributed by atoms with Crippen LogP contribution in [0.15, 0.2) is 65.9 Å². The third-order valence-corrected chi connectivity index (χ3v) is 4.54. The van der Waals surface area contributed by atoms with E-state index in [0.717, 1.165) is 0 Å². The number of alkyl halides is 3. The number of oxime groups is 1. The van der Waals surface area contributed by atoms with Crippen LogP contribution in [0.1, 0.15) is 18.1 Å². The van der Waals surface area contributed by atoms with Crippen LogP contribution in [0.2, 0.25) is 5.02 Å². The number of carbonyl (C=O) groups is 1. The standard InChI is InChI=1S/C23H18ClF3N2O5/c1-14(22(30)31-2)32-20-11-18(33-21-19(24)10-16(13-28-21)23(25,26)27)9-8-15(20)12-29-34-17-6-4-3-5-7-17/h3-14H,1-2H3. The molecule has 0 fully saturated rings. The maximum absolute atomic E-state index is 12.8. The Kier molecular flexibility index (Phi) is 7.95. The van der Waals surface area contributed by atoms with Gasteiger partial charge in [-0.25, -0.2) is 9.78 Å². The summed E-state index contributed by atoms with van der Waals surface area (Å²) < 4.78 is 54.4. The number of methoxy groups -OCH3 is 1. The van der Waals surface area contributed by atoms with Crippen LogP contribution in [-0.4, -0.2) is 30.4 Å². The molecule has 2 aromatic carbocycles. The van der Waals surface area contributed by atoms with Crippen molar-refractivity contribution < 1.29 is 37.0 Å². The first-order chi connectivity index (χ1) is 16.2. The summed E-state index contributed by atoms with van der Waals surface area (Å²) in [6, 6.07) is 14.0. The molecule has 0 bridgehead atoms. The van der Waals surface area contributed by atoms with Crippen molar-refractivity contribution in [2.45, 2.75) is 19.2 Å². The summed E-state index contributed by atoms with van der Waals surface area (Å²) in [6.07, 6.45) is -3.60. The van der Waals surface area contributed by atoms with E-state index in [0.29, 0.717) is 23.6 Å². The van der Waals surface area contributed by atoms with E-state index in [2.05, 4.69) is 14.9 Å². The summed E-state index contributed by atoms with van der Waals surface area (Å²) >= 11 is 5.91. The molecule has 1 unspecified atom stereocenters. The molecule has 1 aromatic heterocycles. The molecule has 0 amide bonds. The van der Waals surface area contributed by atoms with Gasteiger partial charge in [-0.1, -0.05) is 35.0 Å². The van der Waals surface area contributed by atoms with Gasteiger partial charge >= 0.3 is 12.1 Å². The smallest absolute Gasteiger partial charge is 0.417 e. The highest BCUT2D eigenvalue weighted by Crippen LogP contribution is 2.35. The molecule has 3 aromatic rings. The number of nitrogens with zero attached hydrogens (tertiary/aromatic N) is 2. The number of carbonyl (C=O) groups excluding carboxylic acids is 1. The molecule has 0 saturated carbocycles. The van der Waals surface area contributed by atoms with E-state index < -0.39 is 23.8 Å². The first-order valence-electron chi connectivity index (χ1n) is 9.72. The topological polar surface area (TPSA) is 79.2 Å². The van der Waals surface area contributed by atoms with Crippen LogP contribution in [0.4, 0.5) is 13.2 Å². The van der Waals surface area contributed by atoms with E-state index in [1.807, 2.05) is 6.07 Å². The van der Waals surface area contributed by atoms with E-state index in [9.17, 15) is 18.0 Å². The summed E-state index contributed by atoms with van der Waals surface area (Å²) in [6.45, 7) is 1.48. The van der Waals surface area contributed by atoms with Crippen molar-refractivity contribution in [1.29, 1.82) is 0 Å². The Bertz CT molecular complexity index is 1170. The summed E-state index contributed by atoms with van der Waals surface area (Å²) in [4.78, 5) is 20.7. The molecule has 0 N–H and O–H groups in total. The summed E-state index contributed by atoms with van der Waals surface area (Å²) in [5.41, 5.74) is -0.587. The number of ether oxygens (including phenoxy) is 3. The van der Waals surface area contributed by atoms with Gasteiger partial charge in [-0.3, -0.25) is 0 Å². The van der Waals surface area contributed by atoms with E-state index in [-0.39, 0.29) is 22.4 Å². The second-order valence-corrected chi connectivity index (χ2v) is 7.14. The van der Waals surface area contributed by atoms with Gasteiger partial charge in [0.05, 0.1) is 18.9 Å². The number of esters is 1. The number of halogens is 4. The lowest BCUT2D eigenvalue weighted by Crippen LogP contribution is -2.25. The van der Waals surface area contributed by atoms with Crippen molar-refractivity contribution in [2.24, 2.45) is 5.16 Å². The van der Waals surface area contributed by atoms with Crippen molar-refractivity contribution in [2.75, 3.05) is 7.11 Å². The van der Waals surface area contributed by atoms with Crippen molar-refractivity contribution in [3.8, 4) is 23.1 Å². The molecule has 178 valence electrons. The van der Waals surface area contributed by atoms with E-state index in [1.54, 1.807) is 30.3 Å². The van der Waals surface area contributed by atoms with Gasteiger partial charge in [-0.15, -0.1) is 0 Å². The van der Waals surface area contributed by atoms with Crippen molar-refractivity contribution in [3.05, 3.63) is 76.9 Å². The molecule has 0 aliphatic rings. The highest BCUT2D eigenvalue weighted by Gasteiger charge is 2.32. The van der Waals surface area contributed by atoms with Gasteiger partial charge in [0.15, 0.2) is 11.9 Å². The molecule has 0 saturated heterocycles. The highest BCUT2D eigenvalue weighted by molar-refractivity contribution is 6.31. The maximum atomic E-state index is 12.8. The first-order valence-corrected chi connectivity index (χ1v) is 10.1. The Morgan fingerprint density at radius 1 is 1.12 bits per heavy atom. The Hall–Kier alpha value is -3.79. The van der Waals surface area contributed by atoms with Crippen molar-refractivity contribution in [3.63, 3.8) is 0 Å². The van der Waals surface area contributed by atoms with Gasteiger partial charge in [0.25, 0.3) is 0 Å². The lowest BCUT2D eigenvalue weighted by atomic mass is 10.2. The fraction of sp³-hybridized carbons (Fsp3) is 0.174. The minimum atomic E-state index is -4.59. The Morgan fingerprint density at radius 2 is 1.85 bits per heavy atom. The third kappa shape index (κ3) is 6.61. The number of hydrogen-bond acceptors (Lipinski definition) is 7. The highest BCUT2D eigenvalue weighted by atomic mass is 35.5. The number of para-hydroxylation sites is 1. The molecule has 7 nitrogen and oxygen atoms in total. The Labute approximate surface area is 197 Å². The summed E-state index contributed by atoms with van der Waals surface area (Å²) in [5.74, 6) is -0.0500. The first kappa shape index (κ1) is 24.8. The maximum Gasteiger partial charge on any atom is 0.417 e. The van der Waals surface area contributed by atoms with Crippen LogP contribution in [0.5, 0.6) is 23.1 Å². The fourth-order valence-corrected chi connectivity index (χ4v) is 2.79. The molecule has 34 heavy (non-hydrogen) atoms. The molecule has 0 spiro atoms. The van der Waals surface area contributed by atoms with Crippen LogP contribution in [0.25, 0.3) is 0 Å². The minimum absolute atomic E-state index is 0.141. The van der Waals surface area contributed by atoms with Crippen LogP contribution in [0, 0.1) is 0 Å². The van der Waals surface area contributed by atoms with Crippen LogP contribution in [0.3, 0.4) is 0 Å². The second-order valence-electron chi connectivity index (χ2n) is 6.73. The minimum Gasteiger partial charge on any atom is -0.478 e. The Balaban J connectivity index is 1.86. The molecule has 0 aliphatic heterocycles. The van der Waals surface area contributed by atoms with E-state index >= 15 is 0 Å². The molecular formula is C23H18ClF3N2O5. The van der Waals surface area contributed by atoms with Crippen LogP contribution >= 0.6 is 11.6 Å². The average Bonchev–Trinajstić information content (AvgIpc) is 2.81. The third-order valence-electron chi connectivity index (χ3n) is 4.26. The largest absolute Gasteiger partial charge is 0.478 e. The number of pyridine rings is 1. The molecule has 3 rings (SSSR count). The SMILES string of the molecule is COC(=O)C(C)Oc1cc(Oc2ncc(C(F)(F)F)cc2Cl)ccc1C=NOc1ccccc1. The normalized spacial score (nSPS) is 12.3. The van der Waals surface area contributed by atoms with Crippen LogP contribution in [-0.2, 0) is 15.7 Å². The predicted octanol–water partition coefficient (Wildman–Crippen LogP) is 5.90. The van der Waals surface area contributed by atoms with Gasteiger partial charge in [-0.2, -0.15) is 13.2 Å². The molecule has 1 heterocycles. The zero-order valence-electron chi connectivity index (χ0n) is 17.9. The summed E-state index contributed by atoms with van der Waals surface area (Å²) in [5, 5.41) is 3.57. The quantitative estimate of drug-likeness (QED) is 0.220. The zero-order valence-corrected chi connectivity index (χ0v) is 18.6. The van der Waals surface area contributed by atoms with Gasteiger partial charge in [0.1, 0.15) is 16.5 Å². The number of benzene rings is 2. The molecular weight excluding hydrogens is 477 g/mol. The van der Waals surface area contributed by atoms with Gasteiger partial charge in [0, 0.05) is 17.8 Å². The monoisotopic (exact) mass is 494 g/mol. The van der Waals surface area contributed by atoms with Gasteiger partial charge < -0.3 is 19.0 Å². The second kappa shape index (κ2) is 10.9. The predicted molar refractivity (Wildman–Crippen MR) is 118 cm³/mol.